The van der Waals surface area contributed by atoms with Gasteiger partial charge in [0.2, 0.25) is 19.7 Å². The van der Waals surface area contributed by atoms with E-state index in [0.29, 0.717) is 11.5 Å². The Kier molecular flexibility index (Phi) is 7.51. The van der Waals surface area contributed by atoms with Crippen LogP contribution in [0, 0.1) is 0 Å². The molecule has 0 fully saturated rings. The van der Waals surface area contributed by atoms with Gasteiger partial charge in [0.25, 0.3) is 0 Å². The Labute approximate surface area is 214 Å². The van der Waals surface area contributed by atoms with E-state index in [9.17, 15) is 27.0 Å². The third-order valence-electron chi connectivity index (χ3n) is 5.21. The van der Waals surface area contributed by atoms with Gasteiger partial charge in [-0.3, -0.25) is 0 Å². The molecule has 0 atom stereocenters. The zero-order chi connectivity index (χ0) is 26.5. The number of hydrogen-bond acceptors (Lipinski definition) is 8. The second-order valence-electron chi connectivity index (χ2n) is 7.74. The molecule has 0 bridgehead atoms. The molecule has 0 radical (unpaired) electrons. The fourth-order valence-corrected chi connectivity index (χ4v) is 5.77. The molecule has 8 nitrogen and oxygen atoms in total. The maximum Gasteiger partial charge on any atom is 0.206 e. The highest BCUT2D eigenvalue weighted by Gasteiger charge is 2.18. The van der Waals surface area contributed by atoms with Crippen molar-refractivity contribution in [3.05, 3.63) is 109 Å². The topological polar surface area (TPSA) is 127 Å². The molecule has 4 rings (SSSR count). The van der Waals surface area contributed by atoms with E-state index in [2.05, 4.69) is 0 Å². The van der Waals surface area contributed by atoms with E-state index in [1.54, 1.807) is 6.08 Å². The molecule has 0 spiro atoms. The quantitative estimate of drug-likeness (QED) is 0.293. The third-order valence-corrected chi connectivity index (χ3v) is 8.78. The van der Waals surface area contributed by atoms with Crippen LogP contribution in [0.3, 0.4) is 0 Å². The minimum atomic E-state index is -3.71. The summed E-state index contributed by atoms with van der Waals surface area (Å²) < 4.78 is 61.7. The van der Waals surface area contributed by atoms with Crippen molar-refractivity contribution in [2.45, 2.75) is 19.6 Å². The summed E-state index contributed by atoms with van der Waals surface area (Å²) in [5.74, 6) is 0.840. The smallest absolute Gasteiger partial charge is 0.206 e. The normalized spacial score (nSPS) is 11.9. The van der Waals surface area contributed by atoms with E-state index < -0.39 is 19.7 Å². The van der Waals surface area contributed by atoms with Crippen molar-refractivity contribution in [1.82, 2.24) is 0 Å². The first kappa shape index (κ1) is 25.8. The van der Waals surface area contributed by atoms with Crippen LogP contribution in [0.1, 0.15) is 0 Å². The van der Waals surface area contributed by atoms with Crippen molar-refractivity contribution in [1.29, 1.82) is 0 Å². The summed E-state index contributed by atoms with van der Waals surface area (Å²) in [4.78, 5) is 0.334. The molecule has 0 aliphatic rings. The summed E-state index contributed by atoms with van der Waals surface area (Å²) in [6.45, 7) is 0.150. The lowest BCUT2D eigenvalue weighted by Crippen LogP contribution is -2.02. The Hall–Kier alpha value is -4.28. The number of rotatable bonds is 9. The molecule has 0 unspecified atom stereocenters. The zero-order valence-corrected chi connectivity index (χ0v) is 20.9. The van der Waals surface area contributed by atoms with Gasteiger partial charge in [-0.25, -0.2) is 16.8 Å². The summed E-state index contributed by atoms with van der Waals surface area (Å²) in [5.41, 5.74) is 0. The number of sulfone groups is 2. The molecule has 4 aromatic carbocycles. The molecule has 0 heterocycles. The van der Waals surface area contributed by atoms with Gasteiger partial charge in [-0.1, -0.05) is 0 Å². The lowest BCUT2D eigenvalue weighted by molar-refractivity contribution is 0.357. The van der Waals surface area contributed by atoms with E-state index in [1.807, 2.05) is 0 Å². The molecule has 0 saturated carbocycles. The minimum absolute atomic E-state index is 0.0182. The van der Waals surface area contributed by atoms with Crippen molar-refractivity contribution < 1.29 is 36.5 Å². The Morgan fingerprint density at radius 3 is 1.30 bits per heavy atom. The van der Waals surface area contributed by atoms with E-state index >= 15 is 0 Å². The number of aromatic hydroxyl groups is 2. The molecule has 4 aromatic rings. The third kappa shape index (κ3) is 6.11. The van der Waals surface area contributed by atoms with Crippen LogP contribution in [0.25, 0.3) is 0 Å². The first-order valence-corrected chi connectivity index (χ1v) is 13.9. The van der Waals surface area contributed by atoms with Crippen LogP contribution in [-0.4, -0.2) is 33.7 Å². The van der Waals surface area contributed by atoms with Crippen LogP contribution < -0.4 is 9.47 Å². The van der Waals surface area contributed by atoms with Gasteiger partial charge in [0.1, 0.15) is 29.6 Å². The fraction of sp³-hybridized carbons (Fsp3) is 0.0370. The van der Waals surface area contributed by atoms with Gasteiger partial charge in [0.05, 0.1) is 25.8 Å². The van der Waals surface area contributed by atoms with Crippen molar-refractivity contribution >= 4 is 19.7 Å². The minimum Gasteiger partial charge on any atom is -0.508 e. The van der Waals surface area contributed by atoms with Crippen LogP contribution in [0.2, 0.25) is 0 Å². The standard InChI is InChI=1S/C27H22O8S2/c28-20-2-10-24(11-3-20)36(30,31)26-14-6-22(7-15-26)34-18-1-19-35-23-8-16-27(17-9-23)37(32,33)25-12-4-21(29)5-13-25/h1-18,28-29H,19H2/b18-1-. The van der Waals surface area contributed by atoms with Gasteiger partial charge in [0.15, 0.2) is 0 Å². The molecule has 10 heteroatoms. The molecule has 0 amide bonds. The number of phenolic OH excluding ortho intramolecular Hbond substituents is 2. The molecule has 0 saturated heterocycles. The lowest BCUT2D eigenvalue weighted by atomic mass is 10.3. The van der Waals surface area contributed by atoms with E-state index in [-0.39, 0.29) is 37.7 Å². The van der Waals surface area contributed by atoms with Gasteiger partial charge in [0, 0.05) is 0 Å². The highest BCUT2D eigenvalue weighted by Crippen LogP contribution is 2.26. The molecule has 0 aliphatic carbocycles. The summed E-state index contributed by atoms with van der Waals surface area (Å²) in [6.07, 6.45) is 3.00. The number of benzene rings is 4. The average Bonchev–Trinajstić information content (AvgIpc) is 2.89. The predicted octanol–water partition coefficient (Wildman–Crippen LogP) is 4.73. The van der Waals surface area contributed by atoms with Crippen LogP contribution in [0.4, 0.5) is 0 Å². The van der Waals surface area contributed by atoms with Crippen molar-refractivity contribution in [3.8, 4) is 23.0 Å². The second-order valence-corrected chi connectivity index (χ2v) is 11.6. The highest BCUT2D eigenvalue weighted by molar-refractivity contribution is 7.91. The van der Waals surface area contributed by atoms with Gasteiger partial charge >= 0.3 is 0 Å². The van der Waals surface area contributed by atoms with Gasteiger partial charge in [-0.2, -0.15) is 0 Å². The SMILES string of the molecule is O=S(=O)(c1ccc(O)cc1)c1ccc(O/C=C\COc2ccc(S(=O)(=O)c3ccc(O)cc3)cc2)cc1. The molecule has 190 valence electrons. The summed E-state index contributed by atoms with van der Waals surface area (Å²) in [5, 5.41) is 18.7. The molecule has 0 aliphatic heterocycles. The largest absolute Gasteiger partial charge is 0.508 e. The van der Waals surface area contributed by atoms with Gasteiger partial charge < -0.3 is 19.7 Å². The van der Waals surface area contributed by atoms with Crippen LogP contribution in [-0.2, 0) is 19.7 Å². The fourth-order valence-electron chi connectivity index (χ4n) is 3.25. The van der Waals surface area contributed by atoms with E-state index in [0.717, 1.165) is 0 Å². The maximum absolute atomic E-state index is 12.7. The first-order chi connectivity index (χ1) is 17.7. The summed E-state index contributed by atoms with van der Waals surface area (Å²) in [7, 11) is -7.43. The lowest BCUT2D eigenvalue weighted by Gasteiger charge is -2.07. The van der Waals surface area contributed by atoms with E-state index in [1.165, 1.54) is 103 Å². The Bertz CT molecular complexity index is 1590. The van der Waals surface area contributed by atoms with Crippen LogP contribution in [0.5, 0.6) is 23.0 Å². The molecule has 0 aromatic heterocycles. The number of ether oxygens (including phenoxy) is 2. The summed E-state index contributed by atoms with van der Waals surface area (Å²) >= 11 is 0. The second kappa shape index (κ2) is 10.8. The molecule has 2 N–H and O–H groups in total. The van der Waals surface area contributed by atoms with Gasteiger partial charge in [-0.05, 0) is 103 Å². The Balaban J connectivity index is 1.30. The number of phenols is 2. The molecule has 37 heavy (non-hydrogen) atoms. The molecular weight excluding hydrogens is 516 g/mol. The Morgan fingerprint density at radius 2 is 0.892 bits per heavy atom. The monoisotopic (exact) mass is 538 g/mol. The van der Waals surface area contributed by atoms with Crippen LogP contribution >= 0.6 is 0 Å². The molecular formula is C27H22O8S2. The van der Waals surface area contributed by atoms with E-state index in [4.69, 9.17) is 9.47 Å². The zero-order valence-electron chi connectivity index (χ0n) is 19.3. The number of hydrogen-bond donors (Lipinski definition) is 2. The van der Waals surface area contributed by atoms with Crippen molar-refractivity contribution in [2.24, 2.45) is 0 Å². The van der Waals surface area contributed by atoms with Gasteiger partial charge in [-0.15, -0.1) is 0 Å². The highest BCUT2D eigenvalue weighted by atomic mass is 32.2. The predicted molar refractivity (Wildman–Crippen MR) is 135 cm³/mol. The maximum atomic E-state index is 12.7. The first-order valence-electron chi connectivity index (χ1n) is 10.9. The summed E-state index contributed by atoms with van der Waals surface area (Å²) in [6, 6.07) is 22.4. The van der Waals surface area contributed by atoms with Crippen molar-refractivity contribution in [2.75, 3.05) is 6.61 Å². The van der Waals surface area contributed by atoms with Crippen molar-refractivity contribution in [3.63, 3.8) is 0 Å². The van der Waals surface area contributed by atoms with Crippen LogP contribution in [0.15, 0.2) is 129 Å². The average molecular weight is 539 g/mol. The Morgan fingerprint density at radius 1 is 0.541 bits per heavy atom.